The smallest absolute Gasteiger partial charge is 0.463 e. The zero-order valence-electron chi connectivity index (χ0n) is 9.58. The Labute approximate surface area is 99.6 Å². The predicted octanol–water partition coefficient (Wildman–Crippen LogP) is 3.15. The maximum absolute atomic E-state index is 11.9. The minimum Gasteiger partial charge on any atom is -0.463 e. The molecular weight excluding hydrogens is 243 g/mol. The number of hydrogen-bond acceptors (Lipinski definition) is 5. The molecule has 0 radical (unpaired) electrons. The summed E-state index contributed by atoms with van der Waals surface area (Å²) in [5.74, 6) is 0.404. The fourth-order valence-electron chi connectivity index (χ4n) is 1.37. The second kappa shape index (κ2) is 4.82. The second-order valence-electron chi connectivity index (χ2n) is 3.23. The summed E-state index contributed by atoms with van der Waals surface area (Å²) in [6.07, 6.45) is 0. The van der Waals surface area contributed by atoms with Gasteiger partial charge in [0, 0.05) is 12.7 Å². The lowest BCUT2D eigenvalue weighted by Crippen LogP contribution is -1.93. The molecule has 0 fully saturated rings. The van der Waals surface area contributed by atoms with E-state index in [-0.39, 0.29) is 5.95 Å². The summed E-state index contributed by atoms with van der Waals surface area (Å²) in [6, 6.07) is 9.17. The summed E-state index contributed by atoms with van der Waals surface area (Å²) in [5.41, 5.74) is 0.728. The van der Waals surface area contributed by atoms with E-state index >= 15 is 0 Å². The van der Waals surface area contributed by atoms with Crippen LogP contribution in [0.2, 0.25) is 0 Å². The molecule has 1 heterocycles. The Morgan fingerprint density at radius 1 is 1.24 bits per heavy atom. The van der Waals surface area contributed by atoms with Crippen molar-refractivity contribution in [2.45, 2.75) is 6.92 Å². The summed E-state index contributed by atoms with van der Waals surface area (Å²) in [5, 5.41) is 0. The Morgan fingerprint density at radius 3 is 2.53 bits per heavy atom. The van der Waals surface area contributed by atoms with Crippen molar-refractivity contribution in [2.75, 3.05) is 13.7 Å². The van der Waals surface area contributed by atoms with Crippen molar-refractivity contribution in [3.05, 3.63) is 41.8 Å². The van der Waals surface area contributed by atoms with Gasteiger partial charge in [0.2, 0.25) is 5.76 Å². The van der Waals surface area contributed by atoms with Crippen molar-refractivity contribution in [2.24, 2.45) is 0 Å². The van der Waals surface area contributed by atoms with E-state index in [0.29, 0.717) is 12.4 Å². The van der Waals surface area contributed by atoms with E-state index in [0.717, 1.165) is 5.56 Å². The minimum absolute atomic E-state index is 0.101. The molecule has 2 rings (SSSR count). The van der Waals surface area contributed by atoms with Crippen LogP contribution < -0.4 is 0 Å². The van der Waals surface area contributed by atoms with Crippen LogP contribution >= 0.6 is 7.82 Å². The molecule has 1 aliphatic rings. The van der Waals surface area contributed by atoms with Gasteiger partial charge in [-0.15, -0.1) is 0 Å². The largest absolute Gasteiger partial charge is 0.590 e. The molecule has 1 unspecified atom stereocenters. The van der Waals surface area contributed by atoms with E-state index in [4.69, 9.17) is 18.3 Å². The predicted molar refractivity (Wildman–Crippen MR) is 61.8 cm³/mol. The van der Waals surface area contributed by atoms with Crippen LogP contribution in [0.3, 0.4) is 0 Å². The molecule has 0 bridgehead atoms. The highest BCUT2D eigenvalue weighted by Gasteiger charge is 2.41. The fourth-order valence-corrected chi connectivity index (χ4v) is 2.30. The molecular formula is C11H13O5P. The first-order valence-electron chi connectivity index (χ1n) is 5.16. The van der Waals surface area contributed by atoms with Crippen LogP contribution in [0.4, 0.5) is 0 Å². The van der Waals surface area contributed by atoms with Gasteiger partial charge < -0.3 is 13.8 Å². The zero-order chi connectivity index (χ0) is 12.3. The van der Waals surface area contributed by atoms with E-state index in [1.54, 1.807) is 6.92 Å². The van der Waals surface area contributed by atoms with Crippen molar-refractivity contribution in [3.8, 4) is 0 Å². The molecule has 0 N–H and O–H groups in total. The van der Waals surface area contributed by atoms with Crippen LogP contribution in [0.5, 0.6) is 0 Å². The van der Waals surface area contributed by atoms with Gasteiger partial charge >= 0.3 is 13.8 Å². The fraction of sp³-hybridized carbons (Fsp3) is 0.273. The van der Waals surface area contributed by atoms with Gasteiger partial charge in [-0.1, -0.05) is 30.3 Å². The molecule has 1 atom stereocenters. The molecule has 0 saturated heterocycles. The van der Waals surface area contributed by atoms with Crippen LogP contribution in [-0.4, -0.2) is 13.7 Å². The van der Waals surface area contributed by atoms with Gasteiger partial charge in [-0.25, -0.2) is 4.57 Å². The number of phosphoric ester groups is 1. The molecule has 1 aliphatic heterocycles. The van der Waals surface area contributed by atoms with Gasteiger partial charge in [0.05, 0.1) is 6.61 Å². The molecule has 0 aliphatic carbocycles. The van der Waals surface area contributed by atoms with Crippen molar-refractivity contribution in [1.29, 1.82) is 0 Å². The third-order valence-corrected chi connectivity index (χ3v) is 3.36. The van der Waals surface area contributed by atoms with Crippen LogP contribution in [0.25, 0.3) is 5.76 Å². The van der Waals surface area contributed by atoms with Crippen molar-refractivity contribution >= 4 is 13.6 Å². The molecule has 0 amide bonds. The highest BCUT2D eigenvalue weighted by atomic mass is 31.2. The first-order chi connectivity index (χ1) is 8.18. The molecule has 92 valence electrons. The van der Waals surface area contributed by atoms with E-state index in [1.165, 1.54) is 7.11 Å². The number of rotatable bonds is 4. The van der Waals surface area contributed by atoms with E-state index in [2.05, 4.69) is 0 Å². The summed E-state index contributed by atoms with van der Waals surface area (Å²) in [4.78, 5) is 0. The van der Waals surface area contributed by atoms with Crippen LogP contribution in [0, 0.1) is 0 Å². The lowest BCUT2D eigenvalue weighted by Gasteiger charge is -2.06. The maximum Gasteiger partial charge on any atom is 0.590 e. The Bertz CT molecular complexity index is 468. The quantitative estimate of drug-likeness (QED) is 0.774. The Kier molecular flexibility index (Phi) is 3.41. The Hall–Kier alpha value is -1.45. The topological polar surface area (TPSA) is 54.0 Å². The van der Waals surface area contributed by atoms with Gasteiger partial charge in [0.25, 0.3) is 0 Å². The molecule has 5 nitrogen and oxygen atoms in total. The maximum atomic E-state index is 11.9. The Morgan fingerprint density at radius 2 is 1.94 bits per heavy atom. The van der Waals surface area contributed by atoms with Crippen molar-refractivity contribution in [1.82, 2.24) is 0 Å². The van der Waals surface area contributed by atoms with Gasteiger partial charge in [0.1, 0.15) is 0 Å². The first kappa shape index (κ1) is 12.0. The molecule has 1 aromatic carbocycles. The highest BCUT2D eigenvalue weighted by molar-refractivity contribution is 7.49. The highest BCUT2D eigenvalue weighted by Crippen LogP contribution is 2.60. The monoisotopic (exact) mass is 256 g/mol. The van der Waals surface area contributed by atoms with Crippen LogP contribution in [0.1, 0.15) is 12.5 Å². The summed E-state index contributed by atoms with van der Waals surface area (Å²) >= 11 is 0. The third-order valence-electron chi connectivity index (χ3n) is 2.12. The molecule has 0 saturated carbocycles. The third kappa shape index (κ3) is 2.46. The van der Waals surface area contributed by atoms with Crippen molar-refractivity contribution < 1.29 is 22.9 Å². The molecule has 17 heavy (non-hydrogen) atoms. The average molecular weight is 256 g/mol. The normalized spacial score (nSPS) is 23.2. The standard InChI is InChI=1S/C11H13O5P/c1-3-14-11-10(9-7-5-4-6-8-9)15-17(12,13-2)16-11/h4-8H,3H2,1-2H3. The second-order valence-corrected chi connectivity index (χ2v) is 4.85. The molecule has 0 spiro atoms. The average Bonchev–Trinajstić information content (AvgIpc) is 2.69. The van der Waals surface area contributed by atoms with Gasteiger partial charge in [-0.05, 0) is 6.92 Å². The summed E-state index contributed by atoms with van der Waals surface area (Å²) in [6.45, 7) is 2.19. The van der Waals surface area contributed by atoms with Gasteiger partial charge in [-0.2, -0.15) is 0 Å². The molecule has 6 heteroatoms. The van der Waals surface area contributed by atoms with Gasteiger partial charge in [-0.3, -0.25) is 4.52 Å². The number of phosphoric acid groups is 1. The van der Waals surface area contributed by atoms with Crippen LogP contribution in [0.15, 0.2) is 36.3 Å². The summed E-state index contributed by atoms with van der Waals surface area (Å²) < 4.78 is 32.1. The van der Waals surface area contributed by atoms with E-state index < -0.39 is 7.82 Å². The van der Waals surface area contributed by atoms with Crippen LogP contribution in [-0.2, 0) is 22.9 Å². The lowest BCUT2D eigenvalue weighted by molar-refractivity contribution is 0.109. The number of hydrogen-bond donors (Lipinski definition) is 0. The number of benzene rings is 1. The van der Waals surface area contributed by atoms with Crippen molar-refractivity contribution in [3.63, 3.8) is 0 Å². The van der Waals surface area contributed by atoms with E-state index in [9.17, 15) is 4.57 Å². The van der Waals surface area contributed by atoms with E-state index in [1.807, 2.05) is 30.3 Å². The van der Waals surface area contributed by atoms with Gasteiger partial charge in [0.15, 0.2) is 0 Å². The summed E-state index contributed by atoms with van der Waals surface area (Å²) in [7, 11) is -2.30. The number of ether oxygens (including phenoxy) is 1. The zero-order valence-corrected chi connectivity index (χ0v) is 10.5. The lowest BCUT2D eigenvalue weighted by atomic mass is 10.2. The minimum atomic E-state index is -3.56. The first-order valence-corrected chi connectivity index (χ1v) is 6.62. The molecule has 1 aromatic rings. The molecule has 0 aromatic heterocycles. The Balaban J connectivity index is 2.35. The SMILES string of the molecule is CCOC1=C(c2ccccc2)OP(=O)(OC)O1.